The molecular weight excluding hydrogens is 204 g/mol. The first kappa shape index (κ1) is 11.1. The number of non-ortho nitro benzene ring substituents is 1. The van der Waals surface area contributed by atoms with Gasteiger partial charge in [-0.15, -0.1) is 0 Å². The van der Waals surface area contributed by atoms with Crippen molar-refractivity contribution < 1.29 is 4.92 Å². The molecule has 0 aromatic heterocycles. The van der Waals surface area contributed by atoms with Crippen molar-refractivity contribution in [3.63, 3.8) is 0 Å². The molecule has 0 amide bonds. The number of hydrogen-bond acceptors (Lipinski definition) is 3. The van der Waals surface area contributed by atoms with Crippen LogP contribution in [0, 0.1) is 16.0 Å². The molecule has 0 heterocycles. The summed E-state index contributed by atoms with van der Waals surface area (Å²) >= 11 is 0. The zero-order chi connectivity index (χ0) is 11.8. The van der Waals surface area contributed by atoms with E-state index in [0.717, 1.165) is 24.8 Å². The highest BCUT2D eigenvalue weighted by atomic mass is 16.6. The van der Waals surface area contributed by atoms with Gasteiger partial charge < -0.3 is 5.73 Å². The Morgan fingerprint density at radius 2 is 2.06 bits per heavy atom. The van der Waals surface area contributed by atoms with Crippen LogP contribution in [0.5, 0.6) is 0 Å². The van der Waals surface area contributed by atoms with Crippen LogP contribution < -0.4 is 5.73 Å². The molecule has 1 aromatic carbocycles. The summed E-state index contributed by atoms with van der Waals surface area (Å²) < 4.78 is 0. The van der Waals surface area contributed by atoms with Crippen molar-refractivity contribution in [2.24, 2.45) is 11.7 Å². The maximum absolute atomic E-state index is 10.6. The van der Waals surface area contributed by atoms with Gasteiger partial charge in [0.25, 0.3) is 5.69 Å². The van der Waals surface area contributed by atoms with E-state index in [2.05, 4.69) is 6.92 Å². The zero-order valence-corrected chi connectivity index (χ0v) is 9.35. The fraction of sp³-hybridized carbons (Fsp3) is 0.500. The van der Waals surface area contributed by atoms with Gasteiger partial charge >= 0.3 is 0 Å². The van der Waals surface area contributed by atoms with E-state index >= 15 is 0 Å². The van der Waals surface area contributed by atoms with E-state index in [-0.39, 0.29) is 16.1 Å². The number of rotatable bonds is 2. The molecule has 1 aromatic rings. The summed E-state index contributed by atoms with van der Waals surface area (Å²) in [6.07, 6.45) is 3.23. The third kappa shape index (κ3) is 1.69. The van der Waals surface area contributed by atoms with Crippen LogP contribution in [0.15, 0.2) is 24.3 Å². The highest BCUT2D eigenvalue weighted by Gasteiger charge is 2.37. The van der Waals surface area contributed by atoms with Crippen LogP contribution in [0.3, 0.4) is 0 Å². The van der Waals surface area contributed by atoms with Crippen molar-refractivity contribution >= 4 is 5.69 Å². The molecule has 2 rings (SSSR count). The van der Waals surface area contributed by atoms with Crippen molar-refractivity contribution in [2.45, 2.75) is 31.7 Å². The number of benzene rings is 1. The second-order valence-electron chi connectivity index (χ2n) is 4.64. The number of nitrogens with zero attached hydrogens (tertiary/aromatic N) is 1. The third-order valence-electron chi connectivity index (χ3n) is 3.72. The number of nitro benzene ring substituents is 1. The van der Waals surface area contributed by atoms with Gasteiger partial charge in [-0.25, -0.2) is 0 Å². The van der Waals surface area contributed by atoms with Crippen LogP contribution in [0.25, 0.3) is 0 Å². The van der Waals surface area contributed by atoms with E-state index in [9.17, 15) is 10.1 Å². The Morgan fingerprint density at radius 1 is 1.44 bits per heavy atom. The molecule has 0 saturated heterocycles. The van der Waals surface area contributed by atoms with E-state index in [4.69, 9.17) is 5.73 Å². The van der Waals surface area contributed by atoms with E-state index < -0.39 is 0 Å². The van der Waals surface area contributed by atoms with Crippen LogP contribution in [-0.4, -0.2) is 4.92 Å². The standard InChI is InChI=1S/C12H16N2O2/c1-9-3-2-8-12(9,13)10-4-6-11(7-5-10)14(15)16/h4-7,9H,2-3,8,13H2,1H3. The van der Waals surface area contributed by atoms with Crippen molar-refractivity contribution in [1.82, 2.24) is 0 Å². The average Bonchev–Trinajstić information content (AvgIpc) is 2.61. The Kier molecular flexibility index (Phi) is 2.68. The molecule has 16 heavy (non-hydrogen) atoms. The van der Waals surface area contributed by atoms with Crippen molar-refractivity contribution in [2.75, 3.05) is 0 Å². The lowest BCUT2D eigenvalue weighted by Crippen LogP contribution is -2.38. The maximum Gasteiger partial charge on any atom is 0.269 e. The molecular formula is C12H16N2O2. The fourth-order valence-corrected chi connectivity index (χ4v) is 2.53. The Bertz CT molecular complexity index is 402. The molecule has 1 aliphatic rings. The first-order chi connectivity index (χ1) is 7.54. The second kappa shape index (κ2) is 3.87. The van der Waals surface area contributed by atoms with Gasteiger partial charge in [-0.2, -0.15) is 0 Å². The largest absolute Gasteiger partial charge is 0.321 e. The molecule has 2 unspecified atom stereocenters. The second-order valence-corrected chi connectivity index (χ2v) is 4.64. The summed E-state index contributed by atoms with van der Waals surface area (Å²) in [5.74, 6) is 0.439. The van der Waals surface area contributed by atoms with Crippen molar-refractivity contribution in [1.29, 1.82) is 0 Å². The number of nitro groups is 1. The van der Waals surface area contributed by atoms with Gasteiger partial charge in [-0.1, -0.05) is 25.5 Å². The lowest BCUT2D eigenvalue weighted by molar-refractivity contribution is -0.384. The fourth-order valence-electron chi connectivity index (χ4n) is 2.53. The third-order valence-corrected chi connectivity index (χ3v) is 3.72. The highest BCUT2D eigenvalue weighted by Crippen LogP contribution is 2.41. The van der Waals surface area contributed by atoms with Gasteiger partial charge in [0.1, 0.15) is 0 Å². The summed E-state index contributed by atoms with van der Waals surface area (Å²) in [5.41, 5.74) is 7.22. The quantitative estimate of drug-likeness (QED) is 0.615. The molecule has 1 fully saturated rings. The molecule has 0 radical (unpaired) electrons. The predicted octanol–water partition coefficient (Wildman–Crippen LogP) is 2.57. The first-order valence-electron chi connectivity index (χ1n) is 5.58. The number of hydrogen-bond donors (Lipinski definition) is 1. The minimum atomic E-state index is -0.384. The number of nitrogens with two attached hydrogens (primary N) is 1. The SMILES string of the molecule is CC1CCCC1(N)c1ccc([N+](=O)[O-])cc1. The average molecular weight is 220 g/mol. The predicted molar refractivity (Wildman–Crippen MR) is 62.0 cm³/mol. The van der Waals surface area contributed by atoms with Crippen molar-refractivity contribution in [3.05, 3.63) is 39.9 Å². The molecule has 0 spiro atoms. The summed E-state index contributed by atoms with van der Waals surface area (Å²) in [4.78, 5) is 10.2. The van der Waals surface area contributed by atoms with Crippen LogP contribution in [0.1, 0.15) is 31.7 Å². The van der Waals surface area contributed by atoms with Gasteiger partial charge in [-0.05, 0) is 24.3 Å². The Balaban J connectivity index is 2.31. The van der Waals surface area contributed by atoms with Gasteiger partial charge in [0, 0.05) is 17.7 Å². The molecule has 4 nitrogen and oxygen atoms in total. The smallest absolute Gasteiger partial charge is 0.269 e. The molecule has 4 heteroatoms. The van der Waals surface area contributed by atoms with Crippen LogP contribution >= 0.6 is 0 Å². The molecule has 1 saturated carbocycles. The Morgan fingerprint density at radius 3 is 2.50 bits per heavy atom. The monoisotopic (exact) mass is 220 g/mol. The van der Waals surface area contributed by atoms with Gasteiger partial charge in [0.05, 0.1) is 4.92 Å². The molecule has 1 aliphatic carbocycles. The highest BCUT2D eigenvalue weighted by molar-refractivity contribution is 5.36. The first-order valence-corrected chi connectivity index (χ1v) is 5.58. The lowest BCUT2D eigenvalue weighted by atomic mass is 9.82. The molecule has 2 N–H and O–H groups in total. The van der Waals surface area contributed by atoms with E-state index in [1.165, 1.54) is 12.1 Å². The summed E-state index contributed by atoms with van der Waals surface area (Å²) in [5, 5.41) is 10.6. The van der Waals surface area contributed by atoms with Gasteiger partial charge in [-0.3, -0.25) is 10.1 Å². The normalized spacial score (nSPS) is 29.2. The molecule has 86 valence electrons. The van der Waals surface area contributed by atoms with Gasteiger partial charge in [0.15, 0.2) is 0 Å². The summed E-state index contributed by atoms with van der Waals surface area (Å²) in [6.45, 7) is 2.15. The summed E-state index contributed by atoms with van der Waals surface area (Å²) in [7, 11) is 0. The lowest BCUT2D eigenvalue weighted by Gasteiger charge is -2.29. The minimum Gasteiger partial charge on any atom is -0.321 e. The topological polar surface area (TPSA) is 69.2 Å². The summed E-state index contributed by atoms with van der Waals surface area (Å²) in [6, 6.07) is 6.66. The van der Waals surface area contributed by atoms with Crippen LogP contribution in [0.4, 0.5) is 5.69 Å². The van der Waals surface area contributed by atoms with E-state index in [0.29, 0.717) is 5.92 Å². The zero-order valence-electron chi connectivity index (χ0n) is 9.35. The van der Waals surface area contributed by atoms with E-state index in [1.54, 1.807) is 12.1 Å². The maximum atomic E-state index is 10.6. The van der Waals surface area contributed by atoms with E-state index in [1.807, 2.05) is 0 Å². The Labute approximate surface area is 94.6 Å². The van der Waals surface area contributed by atoms with Crippen LogP contribution in [-0.2, 0) is 5.54 Å². The van der Waals surface area contributed by atoms with Gasteiger partial charge in [0.2, 0.25) is 0 Å². The molecule has 0 aliphatic heterocycles. The molecule has 0 bridgehead atoms. The molecule has 2 atom stereocenters. The van der Waals surface area contributed by atoms with Crippen LogP contribution in [0.2, 0.25) is 0 Å². The minimum absolute atomic E-state index is 0.123. The van der Waals surface area contributed by atoms with Crippen molar-refractivity contribution in [3.8, 4) is 0 Å². The Hall–Kier alpha value is -1.42.